The van der Waals surface area contributed by atoms with Crippen molar-refractivity contribution in [2.24, 2.45) is 0 Å². The van der Waals surface area contributed by atoms with E-state index in [0.29, 0.717) is 29.5 Å². The number of aryl methyl sites for hydroxylation is 2. The van der Waals surface area contributed by atoms with E-state index >= 15 is 0 Å². The summed E-state index contributed by atoms with van der Waals surface area (Å²) in [4.78, 5) is 39.7. The predicted molar refractivity (Wildman–Crippen MR) is 153 cm³/mol. The number of carbonyl (C=O) groups excluding carboxylic acids is 2. The summed E-state index contributed by atoms with van der Waals surface area (Å²) in [6.45, 7) is 14.0. The van der Waals surface area contributed by atoms with Gasteiger partial charge in [-0.05, 0) is 78.3 Å². The van der Waals surface area contributed by atoms with Gasteiger partial charge in [0.25, 0.3) is 0 Å². The number of ether oxygens (including phenoxy) is 1. The number of amides is 3. The van der Waals surface area contributed by atoms with Crippen LogP contribution in [0, 0.1) is 25.2 Å². The van der Waals surface area contributed by atoms with Crippen molar-refractivity contribution in [1.82, 2.24) is 19.8 Å². The number of anilines is 1. The summed E-state index contributed by atoms with van der Waals surface area (Å²) in [5, 5.41) is 12.9. The molecular weight excluding hydrogens is 512 g/mol. The second kappa shape index (κ2) is 11.0. The van der Waals surface area contributed by atoms with E-state index in [1.807, 2.05) is 72.7 Å². The molecule has 2 unspecified atom stereocenters. The molecule has 3 heterocycles. The minimum Gasteiger partial charge on any atom is -0.444 e. The molecular formula is C29H34N6O3S. The van der Waals surface area contributed by atoms with Gasteiger partial charge < -0.3 is 14.5 Å². The van der Waals surface area contributed by atoms with Crippen molar-refractivity contribution in [3.8, 4) is 27.8 Å². The van der Waals surface area contributed by atoms with Gasteiger partial charge in [-0.25, -0.2) is 14.6 Å². The lowest BCUT2D eigenvalue weighted by atomic mass is 10.0. The van der Waals surface area contributed by atoms with Gasteiger partial charge >= 0.3 is 12.1 Å². The minimum absolute atomic E-state index is 0.224. The molecule has 0 saturated carbocycles. The van der Waals surface area contributed by atoms with Crippen LogP contribution < -0.4 is 5.32 Å². The summed E-state index contributed by atoms with van der Waals surface area (Å²) in [5.74, 6) is 0. The molecule has 1 N–H and O–H groups in total. The molecule has 4 rings (SSSR count). The molecule has 1 fully saturated rings. The normalized spacial score (nSPS) is 17.5. The standard InChI is InChI=1S/C29H34N6O3S/c1-17-11-23(12-18(2)31-17)25-24(22-10-8-9-21(13-22)14-30)32-26(39-25)33-27(36)35-19(3)15-34(16-20(35)4)28(37)38-29(5,6)7/h8-13,19-20H,15-16H2,1-7H3,(H,32,33,36). The number of benzene rings is 1. The number of hydrogen-bond acceptors (Lipinski definition) is 7. The maximum Gasteiger partial charge on any atom is 0.410 e. The summed E-state index contributed by atoms with van der Waals surface area (Å²) in [7, 11) is 0. The van der Waals surface area contributed by atoms with Gasteiger partial charge in [-0.3, -0.25) is 10.3 Å². The highest BCUT2D eigenvalue weighted by molar-refractivity contribution is 7.19. The minimum atomic E-state index is -0.586. The molecule has 1 aliphatic heterocycles. The summed E-state index contributed by atoms with van der Waals surface area (Å²) >= 11 is 1.38. The Morgan fingerprint density at radius 3 is 2.28 bits per heavy atom. The molecule has 2 aromatic heterocycles. The van der Waals surface area contributed by atoms with Gasteiger partial charge in [0.1, 0.15) is 5.60 Å². The molecule has 0 spiro atoms. The lowest BCUT2D eigenvalue weighted by Gasteiger charge is -2.44. The number of aromatic nitrogens is 2. The third kappa shape index (κ3) is 6.55. The first-order chi connectivity index (χ1) is 18.3. The average molecular weight is 547 g/mol. The number of nitrogens with zero attached hydrogens (tertiary/aromatic N) is 5. The molecule has 1 saturated heterocycles. The van der Waals surface area contributed by atoms with E-state index in [4.69, 9.17) is 9.72 Å². The van der Waals surface area contributed by atoms with E-state index in [9.17, 15) is 14.9 Å². The molecule has 39 heavy (non-hydrogen) atoms. The number of urea groups is 1. The SMILES string of the molecule is Cc1cc(-c2sc(NC(=O)N3C(C)CN(C(=O)OC(C)(C)C)CC3C)nc2-c2cccc(C#N)c2)cc(C)n1. The van der Waals surface area contributed by atoms with Crippen LogP contribution in [0.15, 0.2) is 36.4 Å². The van der Waals surface area contributed by atoms with Crippen molar-refractivity contribution in [2.75, 3.05) is 18.4 Å². The third-order valence-electron chi connectivity index (χ3n) is 6.25. The van der Waals surface area contributed by atoms with E-state index in [-0.39, 0.29) is 24.2 Å². The lowest BCUT2D eigenvalue weighted by Crippen LogP contribution is -2.61. The van der Waals surface area contributed by atoms with Crippen molar-refractivity contribution in [1.29, 1.82) is 5.26 Å². The van der Waals surface area contributed by atoms with Gasteiger partial charge in [0.05, 0.1) is 22.2 Å². The molecule has 3 amide bonds. The summed E-state index contributed by atoms with van der Waals surface area (Å²) in [5.41, 5.74) is 4.13. The van der Waals surface area contributed by atoms with Crippen LogP contribution in [0.5, 0.6) is 0 Å². The summed E-state index contributed by atoms with van der Waals surface area (Å²) < 4.78 is 5.53. The highest BCUT2D eigenvalue weighted by atomic mass is 32.1. The first-order valence-corrected chi connectivity index (χ1v) is 13.7. The molecule has 0 aliphatic carbocycles. The second-order valence-electron chi connectivity index (χ2n) is 10.9. The smallest absolute Gasteiger partial charge is 0.410 e. The van der Waals surface area contributed by atoms with Crippen LogP contribution in [0.4, 0.5) is 14.7 Å². The van der Waals surface area contributed by atoms with Gasteiger partial charge in [0.2, 0.25) is 0 Å². The third-order valence-corrected chi connectivity index (χ3v) is 7.27. The van der Waals surface area contributed by atoms with Gasteiger partial charge in [-0.1, -0.05) is 23.5 Å². The highest BCUT2D eigenvalue weighted by Gasteiger charge is 2.37. The predicted octanol–water partition coefficient (Wildman–Crippen LogP) is 6.22. The zero-order chi connectivity index (χ0) is 28.5. The van der Waals surface area contributed by atoms with Crippen LogP contribution in [0.1, 0.15) is 51.6 Å². The highest BCUT2D eigenvalue weighted by Crippen LogP contribution is 2.40. The first-order valence-electron chi connectivity index (χ1n) is 12.9. The Morgan fingerprint density at radius 1 is 1.05 bits per heavy atom. The number of rotatable bonds is 3. The first kappa shape index (κ1) is 28.0. The Kier molecular flexibility index (Phi) is 7.93. The monoisotopic (exact) mass is 546 g/mol. The van der Waals surface area contributed by atoms with Crippen molar-refractivity contribution >= 4 is 28.6 Å². The van der Waals surface area contributed by atoms with E-state index in [1.54, 1.807) is 21.9 Å². The van der Waals surface area contributed by atoms with Crippen LogP contribution in [-0.2, 0) is 4.74 Å². The molecule has 9 nitrogen and oxygen atoms in total. The Morgan fingerprint density at radius 2 is 1.69 bits per heavy atom. The fourth-order valence-electron chi connectivity index (χ4n) is 4.82. The summed E-state index contributed by atoms with van der Waals surface area (Å²) in [6, 6.07) is 12.7. The quantitative estimate of drug-likeness (QED) is 0.417. The average Bonchev–Trinajstić information content (AvgIpc) is 3.25. The van der Waals surface area contributed by atoms with Gasteiger partial charge in [-0.15, -0.1) is 0 Å². The largest absolute Gasteiger partial charge is 0.444 e. The van der Waals surface area contributed by atoms with Crippen LogP contribution in [-0.4, -0.2) is 62.7 Å². The molecule has 2 atom stereocenters. The van der Waals surface area contributed by atoms with E-state index in [1.165, 1.54) is 11.3 Å². The van der Waals surface area contributed by atoms with Crippen molar-refractivity contribution in [3.05, 3.63) is 53.3 Å². The number of hydrogen-bond donors (Lipinski definition) is 1. The van der Waals surface area contributed by atoms with Crippen LogP contribution in [0.25, 0.3) is 21.7 Å². The van der Waals surface area contributed by atoms with Gasteiger partial charge in [-0.2, -0.15) is 5.26 Å². The van der Waals surface area contributed by atoms with Crippen molar-refractivity contribution in [2.45, 2.75) is 66.2 Å². The van der Waals surface area contributed by atoms with Crippen LogP contribution in [0.2, 0.25) is 0 Å². The fraction of sp³-hybridized carbons (Fsp3) is 0.414. The van der Waals surface area contributed by atoms with Crippen molar-refractivity contribution < 1.29 is 14.3 Å². The van der Waals surface area contributed by atoms with E-state index in [2.05, 4.69) is 16.4 Å². The Balaban J connectivity index is 1.61. The number of nitriles is 1. The molecule has 0 bridgehead atoms. The topological polar surface area (TPSA) is 111 Å². The molecule has 204 valence electrons. The fourth-order valence-corrected chi connectivity index (χ4v) is 5.79. The van der Waals surface area contributed by atoms with E-state index < -0.39 is 5.60 Å². The molecule has 1 aromatic carbocycles. The zero-order valence-corrected chi connectivity index (χ0v) is 24.2. The van der Waals surface area contributed by atoms with Gasteiger partial charge in [0, 0.05) is 42.1 Å². The number of nitrogens with one attached hydrogen (secondary N) is 1. The number of carbonyl (C=O) groups is 2. The molecule has 10 heteroatoms. The Bertz CT molecular complexity index is 1410. The van der Waals surface area contributed by atoms with Gasteiger partial charge in [0.15, 0.2) is 5.13 Å². The summed E-state index contributed by atoms with van der Waals surface area (Å²) in [6.07, 6.45) is -0.377. The lowest BCUT2D eigenvalue weighted by molar-refractivity contribution is 0.00224. The number of thiazole rings is 1. The molecule has 0 radical (unpaired) electrons. The number of pyridine rings is 1. The second-order valence-corrected chi connectivity index (χ2v) is 11.9. The van der Waals surface area contributed by atoms with E-state index in [0.717, 1.165) is 27.4 Å². The Labute approximate surface area is 233 Å². The molecule has 1 aliphatic rings. The number of piperazine rings is 1. The maximum atomic E-state index is 13.5. The van der Waals surface area contributed by atoms with Crippen LogP contribution in [0.3, 0.4) is 0 Å². The van der Waals surface area contributed by atoms with Crippen molar-refractivity contribution in [3.63, 3.8) is 0 Å². The zero-order valence-electron chi connectivity index (χ0n) is 23.4. The molecule has 3 aromatic rings. The van der Waals surface area contributed by atoms with Crippen LogP contribution >= 0.6 is 11.3 Å². The Hall–Kier alpha value is -3.97. The maximum absolute atomic E-state index is 13.5.